The molecular formula is C12H28N2O2S. The fourth-order valence-corrected chi connectivity index (χ4v) is 3.10. The van der Waals surface area contributed by atoms with E-state index in [0.29, 0.717) is 12.5 Å². The minimum absolute atomic E-state index is 0.0544. The predicted molar refractivity (Wildman–Crippen MR) is 73.7 cm³/mol. The fraction of sp³-hybridized carbons (Fsp3) is 1.00. The lowest BCUT2D eigenvalue weighted by Crippen LogP contribution is -2.34. The van der Waals surface area contributed by atoms with Crippen LogP contribution in [0, 0.1) is 0 Å². The van der Waals surface area contributed by atoms with Crippen LogP contribution < -0.4 is 10.0 Å². The zero-order valence-corrected chi connectivity index (χ0v) is 12.4. The van der Waals surface area contributed by atoms with Crippen LogP contribution in [-0.4, -0.2) is 32.8 Å². The van der Waals surface area contributed by atoms with Crippen molar-refractivity contribution in [3.05, 3.63) is 0 Å². The average molecular weight is 264 g/mol. The van der Waals surface area contributed by atoms with E-state index in [-0.39, 0.29) is 11.8 Å². The number of sulfonamides is 1. The van der Waals surface area contributed by atoms with Crippen molar-refractivity contribution in [3.63, 3.8) is 0 Å². The van der Waals surface area contributed by atoms with Crippen molar-refractivity contribution in [2.24, 2.45) is 0 Å². The van der Waals surface area contributed by atoms with E-state index in [2.05, 4.69) is 30.8 Å². The smallest absolute Gasteiger partial charge is 0.211 e. The Bertz CT molecular complexity index is 276. The normalized spacial score (nSPS) is 14.2. The maximum Gasteiger partial charge on any atom is 0.211 e. The largest absolute Gasteiger partial charge is 0.315 e. The van der Waals surface area contributed by atoms with Gasteiger partial charge in [0, 0.05) is 12.1 Å². The molecule has 0 heterocycles. The Hall–Kier alpha value is -0.130. The van der Waals surface area contributed by atoms with Crippen molar-refractivity contribution in [1.82, 2.24) is 10.0 Å². The molecule has 0 saturated carbocycles. The second-order valence-corrected chi connectivity index (χ2v) is 6.82. The molecule has 5 heteroatoms. The Morgan fingerprint density at radius 3 is 2.29 bits per heavy atom. The first-order chi connectivity index (χ1) is 7.87. The molecular weight excluding hydrogens is 236 g/mol. The lowest BCUT2D eigenvalue weighted by molar-refractivity contribution is 0.535. The standard InChI is InChI=1S/C12H28N2O2S/c1-5-8-12(4)14-17(15,16)10-7-6-9-13-11(2)3/h11-14H,5-10H2,1-4H3. The molecule has 4 nitrogen and oxygen atoms in total. The lowest BCUT2D eigenvalue weighted by Gasteiger charge is -2.13. The minimum atomic E-state index is -3.08. The molecule has 2 N–H and O–H groups in total. The van der Waals surface area contributed by atoms with Gasteiger partial charge in [-0.2, -0.15) is 0 Å². The SMILES string of the molecule is CCCC(C)NS(=O)(=O)CCCCNC(C)C. The summed E-state index contributed by atoms with van der Waals surface area (Å²) >= 11 is 0. The zero-order valence-electron chi connectivity index (χ0n) is 11.6. The summed E-state index contributed by atoms with van der Waals surface area (Å²) in [6, 6.07) is 0.521. The molecule has 0 saturated heterocycles. The van der Waals surface area contributed by atoms with Crippen LogP contribution >= 0.6 is 0 Å². The molecule has 104 valence electrons. The highest BCUT2D eigenvalue weighted by Gasteiger charge is 2.13. The topological polar surface area (TPSA) is 58.2 Å². The number of hydrogen-bond acceptors (Lipinski definition) is 3. The molecule has 0 aromatic heterocycles. The summed E-state index contributed by atoms with van der Waals surface area (Å²) in [5.41, 5.74) is 0. The molecule has 0 aromatic rings. The Morgan fingerprint density at radius 2 is 1.76 bits per heavy atom. The van der Waals surface area contributed by atoms with Crippen molar-refractivity contribution in [1.29, 1.82) is 0 Å². The minimum Gasteiger partial charge on any atom is -0.315 e. The van der Waals surface area contributed by atoms with Crippen LogP contribution in [0.3, 0.4) is 0 Å². The molecule has 0 radical (unpaired) electrons. The molecule has 0 rings (SSSR count). The summed E-state index contributed by atoms with van der Waals surface area (Å²) < 4.78 is 26.1. The van der Waals surface area contributed by atoms with E-state index in [0.717, 1.165) is 25.8 Å². The third-order valence-electron chi connectivity index (χ3n) is 2.49. The van der Waals surface area contributed by atoms with E-state index in [4.69, 9.17) is 0 Å². The molecule has 0 aliphatic rings. The van der Waals surface area contributed by atoms with Crippen molar-refractivity contribution < 1.29 is 8.42 Å². The number of unbranched alkanes of at least 4 members (excludes halogenated alkanes) is 1. The molecule has 17 heavy (non-hydrogen) atoms. The highest BCUT2D eigenvalue weighted by atomic mass is 32.2. The van der Waals surface area contributed by atoms with E-state index >= 15 is 0 Å². The van der Waals surface area contributed by atoms with Crippen LogP contribution in [0.5, 0.6) is 0 Å². The third kappa shape index (κ3) is 10.7. The van der Waals surface area contributed by atoms with E-state index in [1.54, 1.807) is 0 Å². The van der Waals surface area contributed by atoms with Crippen molar-refractivity contribution >= 4 is 10.0 Å². The van der Waals surface area contributed by atoms with Crippen LogP contribution in [0.15, 0.2) is 0 Å². The van der Waals surface area contributed by atoms with E-state index in [1.807, 2.05) is 6.92 Å². The van der Waals surface area contributed by atoms with Crippen LogP contribution in [0.25, 0.3) is 0 Å². The molecule has 0 aromatic carbocycles. The molecule has 1 atom stereocenters. The molecule has 0 fully saturated rings. The Balaban J connectivity index is 3.71. The Kier molecular flexibility index (Phi) is 8.82. The first-order valence-electron chi connectivity index (χ1n) is 6.60. The van der Waals surface area contributed by atoms with Gasteiger partial charge in [0.15, 0.2) is 0 Å². The first-order valence-corrected chi connectivity index (χ1v) is 8.26. The lowest BCUT2D eigenvalue weighted by atomic mass is 10.2. The van der Waals surface area contributed by atoms with Gasteiger partial charge in [0.2, 0.25) is 10.0 Å². The van der Waals surface area contributed by atoms with Crippen molar-refractivity contribution in [2.75, 3.05) is 12.3 Å². The van der Waals surface area contributed by atoms with Gasteiger partial charge >= 0.3 is 0 Å². The van der Waals surface area contributed by atoms with E-state index < -0.39 is 10.0 Å². The fourth-order valence-electron chi connectivity index (χ4n) is 1.67. The maximum atomic E-state index is 11.7. The van der Waals surface area contributed by atoms with Gasteiger partial charge in [-0.15, -0.1) is 0 Å². The number of hydrogen-bond donors (Lipinski definition) is 2. The summed E-state index contributed by atoms with van der Waals surface area (Å²) in [6.07, 6.45) is 3.52. The van der Waals surface area contributed by atoms with Gasteiger partial charge < -0.3 is 5.32 Å². The van der Waals surface area contributed by atoms with Gasteiger partial charge in [-0.25, -0.2) is 13.1 Å². The Labute approximate surface area is 107 Å². The van der Waals surface area contributed by atoms with Crippen LogP contribution in [0.1, 0.15) is 53.4 Å². The Morgan fingerprint density at radius 1 is 1.12 bits per heavy atom. The molecule has 0 amide bonds. The van der Waals surface area contributed by atoms with E-state index in [9.17, 15) is 8.42 Å². The highest BCUT2D eigenvalue weighted by Crippen LogP contribution is 2.00. The zero-order chi connectivity index (χ0) is 13.3. The molecule has 0 spiro atoms. The van der Waals surface area contributed by atoms with Gasteiger partial charge in [0.1, 0.15) is 0 Å². The van der Waals surface area contributed by atoms with Gasteiger partial charge in [-0.1, -0.05) is 27.2 Å². The quantitative estimate of drug-likeness (QED) is 0.592. The van der Waals surface area contributed by atoms with E-state index in [1.165, 1.54) is 0 Å². The maximum absolute atomic E-state index is 11.7. The second kappa shape index (κ2) is 8.89. The van der Waals surface area contributed by atoms with Crippen molar-refractivity contribution in [3.8, 4) is 0 Å². The van der Waals surface area contributed by atoms with Crippen molar-refractivity contribution in [2.45, 2.75) is 65.5 Å². The number of rotatable bonds is 10. The summed E-state index contributed by atoms with van der Waals surface area (Å²) in [6.45, 7) is 9.04. The predicted octanol–water partition coefficient (Wildman–Crippen LogP) is 1.87. The number of nitrogens with one attached hydrogen (secondary N) is 2. The monoisotopic (exact) mass is 264 g/mol. The molecule has 0 aliphatic heterocycles. The summed E-state index contributed by atoms with van der Waals surface area (Å²) in [7, 11) is -3.08. The first kappa shape index (κ1) is 16.9. The van der Waals surface area contributed by atoms with Gasteiger partial charge in [0.05, 0.1) is 5.75 Å². The second-order valence-electron chi connectivity index (χ2n) is 4.94. The third-order valence-corrected chi connectivity index (χ3v) is 4.08. The average Bonchev–Trinajstić information content (AvgIpc) is 2.15. The van der Waals surface area contributed by atoms with Crippen LogP contribution in [-0.2, 0) is 10.0 Å². The molecule has 0 aliphatic carbocycles. The van der Waals surface area contributed by atoms with Crippen LogP contribution in [0.2, 0.25) is 0 Å². The summed E-state index contributed by atoms with van der Waals surface area (Å²) in [4.78, 5) is 0. The summed E-state index contributed by atoms with van der Waals surface area (Å²) in [5.74, 6) is 0.237. The molecule has 0 bridgehead atoms. The van der Waals surface area contributed by atoms with Gasteiger partial charge in [-0.05, 0) is 32.7 Å². The van der Waals surface area contributed by atoms with Crippen LogP contribution in [0.4, 0.5) is 0 Å². The highest BCUT2D eigenvalue weighted by molar-refractivity contribution is 7.89. The van der Waals surface area contributed by atoms with Gasteiger partial charge in [0.25, 0.3) is 0 Å². The summed E-state index contributed by atoms with van der Waals surface area (Å²) in [5, 5.41) is 3.28. The molecule has 1 unspecified atom stereocenters. The van der Waals surface area contributed by atoms with Gasteiger partial charge in [-0.3, -0.25) is 0 Å².